The fraction of sp³-hybridized carbons (Fsp3) is 0.462. The molecule has 0 radical (unpaired) electrons. The number of piperazine rings is 1. The predicted octanol–water partition coefficient (Wildman–Crippen LogP) is 1.54. The van der Waals surface area contributed by atoms with Gasteiger partial charge in [0.15, 0.2) is 0 Å². The van der Waals surface area contributed by atoms with Gasteiger partial charge in [-0.1, -0.05) is 23.7 Å². The van der Waals surface area contributed by atoms with Crippen molar-refractivity contribution in [2.75, 3.05) is 33.2 Å². The standard InChI is InChI=1S/C13H18ClN3O2S/c1-3-12(11-4-5-13(14)15-10-11)20(18,19)17-8-6-16(2)7-9-17/h3-5,10,12H,1,6-9H2,2H3. The Morgan fingerprint density at radius 3 is 2.50 bits per heavy atom. The van der Waals surface area contributed by atoms with Crippen LogP contribution < -0.4 is 0 Å². The molecule has 0 aromatic carbocycles. The van der Waals surface area contributed by atoms with E-state index in [2.05, 4.69) is 16.5 Å². The number of hydrogen-bond acceptors (Lipinski definition) is 4. The first-order valence-corrected chi connectivity index (χ1v) is 8.25. The Balaban J connectivity index is 2.25. The van der Waals surface area contributed by atoms with E-state index < -0.39 is 15.3 Å². The maximum absolute atomic E-state index is 12.7. The second-order valence-electron chi connectivity index (χ2n) is 4.82. The third-order valence-electron chi connectivity index (χ3n) is 3.44. The molecular weight excluding hydrogens is 298 g/mol. The first kappa shape index (κ1) is 15.4. The van der Waals surface area contributed by atoms with Crippen molar-refractivity contribution in [1.82, 2.24) is 14.2 Å². The molecule has 0 bridgehead atoms. The van der Waals surface area contributed by atoms with Crippen molar-refractivity contribution in [3.63, 3.8) is 0 Å². The molecule has 7 heteroatoms. The summed E-state index contributed by atoms with van der Waals surface area (Å²) in [5.74, 6) is 0. The van der Waals surface area contributed by atoms with Gasteiger partial charge in [-0.25, -0.2) is 13.4 Å². The molecule has 5 nitrogen and oxygen atoms in total. The molecule has 0 saturated carbocycles. The number of sulfonamides is 1. The van der Waals surface area contributed by atoms with Crippen molar-refractivity contribution in [1.29, 1.82) is 0 Å². The molecule has 2 heterocycles. The molecule has 1 unspecified atom stereocenters. The molecule has 2 rings (SSSR count). The van der Waals surface area contributed by atoms with Crippen LogP contribution >= 0.6 is 11.6 Å². The quantitative estimate of drug-likeness (QED) is 0.625. The molecule has 1 aliphatic rings. The number of nitrogens with zero attached hydrogens (tertiary/aromatic N) is 3. The van der Waals surface area contributed by atoms with E-state index in [-0.39, 0.29) is 0 Å². The molecule has 1 fully saturated rings. The minimum absolute atomic E-state index is 0.341. The number of likely N-dealkylation sites (N-methyl/N-ethyl adjacent to an activating group) is 1. The molecule has 1 saturated heterocycles. The van der Waals surface area contributed by atoms with Crippen LogP contribution in [0.3, 0.4) is 0 Å². The summed E-state index contributed by atoms with van der Waals surface area (Å²) in [6, 6.07) is 3.27. The van der Waals surface area contributed by atoms with E-state index in [1.807, 2.05) is 7.05 Å². The van der Waals surface area contributed by atoms with Crippen LogP contribution in [0.2, 0.25) is 5.15 Å². The Kier molecular flexibility index (Phi) is 4.80. The molecular formula is C13H18ClN3O2S. The summed E-state index contributed by atoms with van der Waals surface area (Å²) in [4.78, 5) is 6.06. The molecule has 0 N–H and O–H groups in total. The molecule has 0 spiro atoms. The smallest absolute Gasteiger partial charge is 0.224 e. The van der Waals surface area contributed by atoms with Crippen LogP contribution in [0.25, 0.3) is 0 Å². The van der Waals surface area contributed by atoms with Crippen molar-refractivity contribution in [3.05, 3.63) is 41.7 Å². The van der Waals surface area contributed by atoms with E-state index in [1.165, 1.54) is 16.6 Å². The highest BCUT2D eigenvalue weighted by atomic mass is 35.5. The van der Waals surface area contributed by atoms with Gasteiger partial charge in [0.25, 0.3) is 0 Å². The van der Waals surface area contributed by atoms with E-state index in [9.17, 15) is 8.42 Å². The molecule has 1 aromatic heterocycles. The van der Waals surface area contributed by atoms with E-state index in [4.69, 9.17) is 11.6 Å². The van der Waals surface area contributed by atoms with Gasteiger partial charge in [0.05, 0.1) is 0 Å². The van der Waals surface area contributed by atoms with Crippen LogP contribution in [0.15, 0.2) is 31.0 Å². The molecule has 0 aliphatic carbocycles. The van der Waals surface area contributed by atoms with Crippen LogP contribution in [0, 0.1) is 0 Å². The zero-order valence-electron chi connectivity index (χ0n) is 11.4. The summed E-state index contributed by atoms with van der Waals surface area (Å²) in [6.07, 6.45) is 2.93. The number of rotatable bonds is 4. The van der Waals surface area contributed by atoms with Gasteiger partial charge < -0.3 is 4.90 Å². The van der Waals surface area contributed by atoms with Gasteiger partial charge in [-0.05, 0) is 18.7 Å². The van der Waals surface area contributed by atoms with Gasteiger partial charge in [-0.3, -0.25) is 0 Å². The Labute approximate surface area is 124 Å². The maximum Gasteiger partial charge on any atom is 0.224 e. The van der Waals surface area contributed by atoms with E-state index in [0.29, 0.717) is 23.8 Å². The van der Waals surface area contributed by atoms with Crippen molar-refractivity contribution < 1.29 is 8.42 Å². The lowest BCUT2D eigenvalue weighted by Crippen LogP contribution is -2.48. The average Bonchev–Trinajstić information content (AvgIpc) is 2.42. The number of hydrogen-bond donors (Lipinski definition) is 0. The summed E-state index contributed by atoms with van der Waals surface area (Å²) >= 11 is 5.74. The van der Waals surface area contributed by atoms with Gasteiger partial charge in [0, 0.05) is 32.4 Å². The second-order valence-corrected chi connectivity index (χ2v) is 7.26. The average molecular weight is 316 g/mol. The lowest BCUT2D eigenvalue weighted by atomic mass is 10.2. The Hall–Kier alpha value is -0.950. The van der Waals surface area contributed by atoms with Gasteiger partial charge in [0.1, 0.15) is 10.4 Å². The number of aromatic nitrogens is 1. The summed E-state index contributed by atoms with van der Waals surface area (Å²) in [5.41, 5.74) is 0.586. The van der Waals surface area contributed by atoms with Crippen molar-refractivity contribution in [2.45, 2.75) is 5.25 Å². The fourth-order valence-corrected chi connectivity index (χ4v) is 4.02. The highest BCUT2D eigenvalue weighted by molar-refractivity contribution is 7.89. The van der Waals surface area contributed by atoms with Crippen LogP contribution in [0.1, 0.15) is 10.8 Å². The summed E-state index contributed by atoms with van der Waals surface area (Å²) in [6.45, 7) is 6.14. The van der Waals surface area contributed by atoms with Gasteiger partial charge in [0.2, 0.25) is 10.0 Å². The second kappa shape index (κ2) is 6.22. The Morgan fingerprint density at radius 1 is 1.35 bits per heavy atom. The van der Waals surface area contributed by atoms with Crippen molar-refractivity contribution in [2.24, 2.45) is 0 Å². The number of pyridine rings is 1. The van der Waals surface area contributed by atoms with Crippen molar-refractivity contribution in [3.8, 4) is 0 Å². The number of halogens is 1. The molecule has 1 aliphatic heterocycles. The molecule has 110 valence electrons. The summed E-state index contributed by atoms with van der Waals surface area (Å²) in [5, 5.41) is -0.441. The molecule has 1 aromatic rings. The normalized spacial score (nSPS) is 19.7. The fourth-order valence-electron chi connectivity index (χ4n) is 2.19. The van der Waals surface area contributed by atoms with Crippen LogP contribution in [-0.2, 0) is 10.0 Å². The van der Waals surface area contributed by atoms with Crippen molar-refractivity contribution >= 4 is 21.6 Å². The van der Waals surface area contributed by atoms with Gasteiger partial charge in [-0.15, -0.1) is 6.58 Å². The largest absolute Gasteiger partial charge is 0.304 e. The summed E-state index contributed by atoms with van der Waals surface area (Å²) < 4.78 is 26.9. The zero-order chi connectivity index (χ0) is 14.8. The third-order valence-corrected chi connectivity index (χ3v) is 5.85. The SMILES string of the molecule is C=CC(c1ccc(Cl)nc1)S(=O)(=O)N1CCN(C)CC1. The zero-order valence-corrected chi connectivity index (χ0v) is 12.9. The summed E-state index contributed by atoms with van der Waals surface area (Å²) in [7, 11) is -1.47. The lowest BCUT2D eigenvalue weighted by molar-refractivity contribution is 0.221. The monoisotopic (exact) mass is 315 g/mol. The maximum atomic E-state index is 12.7. The Bertz CT molecular complexity index is 566. The minimum Gasteiger partial charge on any atom is -0.304 e. The highest BCUT2D eigenvalue weighted by Crippen LogP contribution is 2.27. The molecule has 0 amide bonds. The van der Waals surface area contributed by atoms with Crippen LogP contribution in [-0.4, -0.2) is 55.8 Å². The minimum atomic E-state index is -3.46. The first-order valence-electron chi connectivity index (χ1n) is 6.36. The van der Waals surface area contributed by atoms with Crippen LogP contribution in [0.4, 0.5) is 0 Å². The van der Waals surface area contributed by atoms with Gasteiger partial charge in [-0.2, -0.15) is 4.31 Å². The Morgan fingerprint density at radius 2 is 2.00 bits per heavy atom. The topological polar surface area (TPSA) is 53.5 Å². The first-order chi connectivity index (χ1) is 9.45. The van der Waals surface area contributed by atoms with Gasteiger partial charge >= 0.3 is 0 Å². The highest BCUT2D eigenvalue weighted by Gasteiger charge is 2.33. The lowest BCUT2D eigenvalue weighted by Gasteiger charge is -2.33. The van der Waals surface area contributed by atoms with E-state index in [1.54, 1.807) is 12.1 Å². The van der Waals surface area contributed by atoms with Crippen LogP contribution in [0.5, 0.6) is 0 Å². The third kappa shape index (κ3) is 3.20. The molecule has 1 atom stereocenters. The predicted molar refractivity (Wildman–Crippen MR) is 80.2 cm³/mol. The molecule has 20 heavy (non-hydrogen) atoms. The van der Waals surface area contributed by atoms with E-state index >= 15 is 0 Å². The van der Waals surface area contributed by atoms with E-state index in [0.717, 1.165) is 13.1 Å².